The molecule has 1 atom stereocenters. The number of hydrogen-bond donors (Lipinski definition) is 5. The lowest BCUT2D eigenvalue weighted by atomic mass is 10.2. The molecule has 1 aliphatic rings. The molecule has 4 aromatic heterocycles. The second kappa shape index (κ2) is 14.8. The van der Waals surface area contributed by atoms with Crippen molar-refractivity contribution in [3.8, 4) is 0 Å². The molecule has 0 bridgehead atoms. The van der Waals surface area contributed by atoms with Gasteiger partial charge in [0.05, 0.1) is 18.4 Å². The molecule has 0 spiro atoms. The molecular weight excluding hydrogens is 562 g/mol. The van der Waals surface area contributed by atoms with Crippen molar-refractivity contribution >= 4 is 67.0 Å². The molecule has 12 nitrogen and oxygen atoms in total. The Morgan fingerprint density at radius 3 is 2.68 bits per heavy atom. The summed E-state index contributed by atoms with van der Waals surface area (Å²) in [5.74, 6) is 0.957. The van der Waals surface area contributed by atoms with Crippen molar-refractivity contribution in [1.82, 2.24) is 24.8 Å². The molecular formula is C27H31N9O3S2. The first-order valence-corrected chi connectivity index (χ1v) is 14.3. The summed E-state index contributed by atoms with van der Waals surface area (Å²) in [5.41, 5.74) is 6.36. The average molecular weight is 594 g/mol. The van der Waals surface area contributed by atoms with Crippen LogP contribution < -0.4 is 21.9 Å². The number of thioether (sulfide) groups is 1. The summed E-state index contributed by atoms with van der Waals surface area (Å²) >= 11 is 2.35. The highest BCUT2D eigenvalue weighted by molar-refractivity contribution is 8.28. The predicted molar refractivity (Wildman–Crippen MR) is 165 cm³/mol. The molecule has 5 rings (SSSR count). The van der Waals surface area contributed by atoms with E-state index in [-0.39, 0.29) is 21.6 Å². The van der Waals surface area contributed by atoms with Crippen LogP contribution in [0.3, 0.4) is 0 Å². The highest BCUT2D eigenvalue weighted by Crippen LogP contribution is 2.27. The van der Waals surface area contributed by atoms with E-state index in [1.54, 1.807) is 49.0 Å². The minimum absolute atomic E-state index is 0.109. The predicted octanol–water partition coefficient (Wildman–Crippen LogP) is 3.62. The fourth-order valence-electron chi connectivity index (χ4n) is 3.89. The van der Waals surface area contributed by atoms with Gasteiger partial charge in [-0.15, -0.1) is 11.3 Å². The third-order valence-corrected chi connectivity index (χ3v) is 7.55. The van der Waals surface area contributed by atoms with Crippen molar-refractivity contribution in [3.05, 3.63) is 75.7 Å². The Balaban J connectivity index is 0.000000261. The number of pyridine rings is 2. The summed E-state index contributed by atoms with van der Waals surface area (Å²) in [5, 5.41) is 21.2. The molecule has 1 aliphatic heterocycles. The van der Waals surface area contributed by atoms with Crippen LogP contribution in [0.5, 0.6) is 0 Å². The van der Waals surface area contributed by atoms with Gasteiger partial charge in [-0.25, -0.2) is 9.97 Å². The van der Waals surface area contributed by atoms with E-state index in [2.05, 4.69) is 25.6 Å². The second-order valence-electron chi connectivity index (χ2n) is 8.27. The Morgan fingerprint density at radius 2 is 2.00 bits per heavy atom. The van der Waals surface area contributed by atoms with Crippen LogP contribution in [0.2, 0.25) is 0 Å². The molecule has 0 aliphatic carbocycles. The largest absolute Gasteiger partial charge is 0.384 e. The molecule has 0 saturated heterocycles. The molecule has 0 radical (unpaired) electrons. The van der Waals surface area contributed by atoms with E-state index in [0.29, 0.717) is 48.7 Å². The number of hydrogen-bond acceptors (Lipinski definition) is 12. The Hall–Kier alpha value is -4.43. The molecule has 1 amide bonds. The SMILES string of the molecule is CC.CNc1cnc2n(c1=O)C(C(=O)NCc1cc3cnc(N)cc3s1)CC2.N=C(C=O)SC(=N)c1ccccn1. The molecule has 0 saturated carbocycles. The Bertz CT molecular complexity index is 1600. The number of carbonyl (C=O) groups excluding carboxylic acids is 2. The van der Waals surface area contributed by atoms with Crippen molar-refractivity contribution in [2.24, 2.45) is 0 Å². The molecule has 0 fully saturated rings. The van der Waals surface area contributed by atoms with Crippen LogP contribution in [-0.2, 0) is 22.6 Å². The molecule has 6 N–H and O–H groups in total. The number of nitrogens with zero attached hydrogens (tertiary/aromatic N) is 4. The summed E-state index contributed by atoms with van der Waals surface area (Å²) in [7, 11) is 1.67. The maximum Gasteiger partial charge on any atom is 0.277 e. The normalized spacial score (nSPS) is 13.1. The summed E-state index contributed by atoms with van der Waals surface area (Å²) in [6, 6.07) is 8.44. The number of carbonyl (C=O) groups is 2. The van der Waals surface area contributed by atoms with Crippen LogP contribution in [-0.4, -0.2) is 48.8 Å². The van der Waals surface area contributed by atoms with E-state index in [0.717, 1.165) is 26.7 Å². The Kier molecular flexibility index (Phi) is 11.2. The van der Waals surface area contributed by atoms with Crippen LogP contribution in [0.4, 0.5) is 11.5 Å². The maximum atomic E-state index is 12.7. The zero-order valence-corrected chi connectivity index (χ0v) is 24.4. The van der Waals surface area contributed by atoms with Crippen molar-refractivity contribution in [2.75, 3.05) is 18.1 Å². The fourth-order valence-corrected chi connectivity index (χ4v) is 5.41. The van der Waals surface area contributed by atoms with Gasteiger partial charge in [0.1, 0.15) is 33.5 Å². The first-order valence-electron chi connectivity index (χ1n) is 12.7. The minimum atomic E-state index is -0.523. The second-order valence-corrected chi connectivity index (χ2v) is 10.5. The number of fused-ring (bicyclic) bond motifs is 2. The van der Waals surface area contributed by atoms with Crippen molar-refractivity contribution in [2.45, 2.75) is 39.3 Å². The lowest BCUT2D eigenvalue weighted by Gasteiger charge is -2.14. The molecule has 14 heteroatoms. The lowest BCUT2D eigenvalue weighted by molar-refractivity contribution is -0.124. The molecule has 41 heavy (non-hydrogen) atoms. The number of rotatable bonds is 6. The number of amides is 1. The van der Waals surface area contributed by atoms with Gasteiger partial charge < -0.3 is 16.4 Å². The van der Waals surface area contributed by atoms with Gasteiger partial charge in [0.15, 0.2) is 6.29 Å². The number of nitrogens with two attached hydrogens (primary N) is 1. The number of aromatic nitrogens is 4. The van der Waals surface area contributed by atoms with Gasteiger partial charge in [0.2, 0.25) is 5.91 Å². The van der Waals surface area contributed by atoms with Crippen molar-refractivity contribution < 1.29 is 9.59 Å². The van der Waals surface area contributed by atoms with Crippen LogP contribution in [0.25, 0.3) is 10.1 Å². The molecule has 214 valence electrons. The number of aldehydes is 1. The topological polar surface area (TPSA) is 193 Å². The van der Waals surface area contributed by atoms with Crippen molar-refractivity contribution in [3.63, 3.8) is 0 Å². The zero-order chi connectivity index (χ0) is 29.9. The van der Waals surface area contributed by atoms with Gasteiger partial charge in [-0.1, -0.05) is 19.9 Å². The Labute approximate surface area is 244 Å². The number of nitrogens with one attached hydrogen (secondary N) is 4. The fraction of sp³-hybridized carbons (Fsp3) is 0.259. The number of aryl methyl sites for hydroxylation is 1. The molecule has 1 unspecified atom stereocenters. The highest BCUT2D eigenvalue weighted by atomic mass is 32.2. The standard InChI is InChI=1S/C17H18N6O2S.C8H7N3OS.C2H6/c1-19-11-8-21-15-3-2-12(23(15)17(11)25)16(24)22-7-10-4-9-6-20-14(18)5-13(9)26-10;9-7(5-12)13-8(10)6-3-1-2-4-11-6;1-2/h4-6,8,12,19H,2-3,7H2,1H3,(H2,18,20)(H,22,24);1-5,9-10H;1-2H3. The average Bonchev–Trinajstić information content (AvgIpc) is 3.62. The summed E-state index contributed by atoms with van der Waals surface area (Å²) < 4.78 is 2.53. The van der Waals surface area contributed by atoms with Gasteiger partial charge in [0, 0.05) is 40.8 Å². The number of nitrogen functional groups attached to an aromatic ring is 1. The summed E-state index contributed by atoms with van der Waals surface area (Å²) in [4.78, 5) is 48.5. The maximum absolute atomic E-state index is 12.7. The smallest absolute Gasteiger partial charge is 0.277 e. The van der Waals surface area contributed by atoms with E-state index < -0.39 is 6.04 Å². The zero-order valence-electron chi connectivity index (χ0n) is 22.8. The minimum Gasteiger partial charge on any atom is -0.384 e. The monoisotopic (exact) mass is 593 g/mol. The molecule has 5 heterocycles. The van der Waals surface area contributed by atoms with Crippen LogP contribution in [0, 0.1) is 10.8 Å². The third kappa shape index (κ3) is 7.83. The third-order valence-electron chi connectivity index (χ3n) is 5.72. The Morgan fingerprint density at radius 1 is 1.22 bits per heavy atom. The van der Waals surface area contributed by atoms with E-state index in [1.165, 1.54) is 10.8 Å². The molecule has 0 aromatic carbocycles. The van der Waals surface area contributed by atoms with Gasteiger partial charge in [-0.3, -0.25) is 34.8 Å². The summed E-state index contributed by atoms with van der Waals surface area (Å²) in [6.07, 6.45) is 6.41. The van der Waals surface area contributed by atoms with Gasteiger partial charge >= 0.3 is 0 Å². The summed E-state index contributed by atoms with van der Waals surface area (Å²) in [6.45, 7) is 4.40. The lowest BCUT2D eigenvalue weighted by Crippen LogP contribution is -2.36. The van der Waals surface area contributed by atoms with E-state index in [4.69, 9.17) is 16.6 Å². The van der Waals surface area contributed by atoms with Crippen molar-refractivity contribution in [1.29, 1.82) is 10.8 Å². The quantitative estimate of drug-likeness (QED) is 0.126. The molecule has 4 aromatic rings. The van der Waals surface area contributed by atoms with Gasteiger partial charge in [-0.05, 0) is 42.4 Å². The van der Waals surface area contributed by atoms with Gasteiger partial charge in [-0.2, -0.15) is 0 Å². The van der Waals surface area contributed by atoms with Crippen LogP contribution in [0.15, 0.2) is 53.7 Å². The van der Waals surface area contributed by atoms with Gasteiger partial charge in [0.25, 0.3) is 5.56 Å². The number of thiophene rings is 1. The highest BCUT2D eigenvalue weighted by Gasteiger charge is 2.30. The first-order chi connectivity index (χ1) is 19.8. The van der Waals surface area contributed by atoms with E-state index in [9.17, 15) is 14.4 Å². The van der Waals surface area contributed by atoms with E-state index >= 15 is 0 Å². The first kappa shape index (κ1) is 31.1. The van der Waals surface area contributed by atoms with E-state index in [1.807, 2.05) is 26.0 Å². The van der Waals surface area contributed by atoms with Crippen LogP contribution >= 0.6 is 23.1 Å². The van der Waals surface area contributed by atoms with Crippen LogP contribution in [0.1, 0.15) is 42.7 Å². The number of anilines is 2.